The van der Waals surface area contributed by atoms with Crippen LogP contribution in [0.25, 0.3) is 22.5 Å². The van der Waals surface area contributed by atoms with Crippen molar-refractivity contribution in [2.75, 3.05) is 5.32 Å². The number of rotatable bonds is 8. The standard InChI is InChI=1S/C24H22N4O4/c1-2-17(26-21-20(23(29)30)8-5-13-25-21)14-15-9-11-16(12-10-15)18-6-3-4-7-19(18)22-27-24(31)32-28-22/h3-13,17H,2,14H2,1H3,(H,25,26)(H,29,30)(H,27,28,31). The minimum atomic E-state index is -1.01. The Balaban J connectivity index is 1.54. The summed E-state index contributed by atoms with van der Waals surface area (Å²) in [5.74, 6) is -0.845. The van der Waals surface area contributed by atoms with Gasteiger partial charge in [0.15, 0.2) is 5.82 Å². The third kappa shape index (κ3) is 4.59. The summed E-state index contributed by atoms with van der Waals surface area (Å²) >= 11 is 0. The molecule has 0 aliphatic carbocycles. The number of hydrogen-bond acceptors (Lipinski definition) is 6. The lowest BCUT2D eigenvalue weighted by Crippen LogP contribution is -2.23. The molecule has 1 unspecified atom stereocenters. The first-order chi connectivity index (χ1) is 15.5. The highest BCUT2D eigenvalue weighted by atomic mass is 16.5. The second kappa shape index (κ2) is 9.30. The number of aromatic nitrogens is 3. The van der Waals surface area contributed by atoms with E-state index in [1.165, 1.54) is 0 Å². The molecule has 8 nitrogen and oxygen atoms in total. The Hall–Kier alpha value is -4.20. The van der Waals surface area contributed by atoms with E-state index in [1.54, 1.807) is 18.3 Å². The predicted molar refractivity (Wildman–Crippen MR) is 121 cm³/mol. The van der Waals surface area contributed by atoms with Crippen molar-refractivity contribution < 1.29 is 14.4 Å². The number of benzene rings is 2. The van der Waals surface area contributed by atoms with Gasteiger partial charge in [-0.15, -0.1) is 0 Å². The van der Waals surface area contributed by atoms with Crippen molar-refractivity contribution in [2.45, 2.75) is 25.8 Å². The highest BCUT2D eigenvalue weighted by Crippen LogP contribution is 2.30. The van der Waals surface area contributed by atoms with Crippen molar-refractivity contribution in [3.8, 4) is 22.5 Å². The molecule has 0 fully saturated rings. The number of aromatic carboxylic acids is 1. The average molecular weight is 430 g/mol. The van der Waals surface area contributed by atoms with Crippen molar-refractivity contribution >= 4 is 11.8 Å². The first kappa shape index (κ1) is 21.0. The number of carboxylic acids is 1. The van der Waals surface area contributed by atoms with Gasteiger partial charge in [0.05, 0.1) is 0 Å². The lowest BCUT2D eigenvalue weighted by atomic mass is 9.96. The maximum absolute atomic E-state index is 11.4. The van der Waals surface area contributed by atoms with Gasteiger partial charge in [0.2, 0.25) is 0 Å². The summed E-state index contributed by atoms with van der Waals surface area (Å²) in [5, 5.41) is 16.4. The molecule has 0 spiro atoms. The van der Waals surface area contributed by atoms with Gasteiger partial charge < -0.3 is 10.4 Å². The van der Waals surface area contributed by atoms with Crippen molar-refractivity contribution in [3.63, 3.8) is 0 Å². The highest BCUT2D eigenvalue weighted by molar-refractivity contribution is 5.93. The lowest BCUT2D eigenvalue weighted by Gasteiger charge is -2.19. The van der Waals surface area contributed by atoms with Gasteiger partial charge in [-0.3, -0.25) is 9.51 Å². The molecule has 2 aromatic carbocycles. The Morgan fingerprint density at radius 1 is 1.09 bits per heavy atom. The molecule has 3 N–H and O–H groups in total. The van der Waals surface area contributed by atoms with Gasteiger partial charge in [-0.25, -0.2) is 14.6 Å². The summed E-state index contributed by atoms with van der Waals surface area (Å²) in [6, 6.07) is 18.9. The molecule has 162 valence electrons. The van der Waals surface area contributed by atoms with E-state index >= 15 is 0 Å². The van der Waals surface area contributed by atoms with Crippen LogP contribution in [-0.2, 0) is 6.42 Å². The molecule has 2 aromatic heterocycles. The van der Waals surface area contributed by atoms with Crippen molar-refractivity contribution in [1.82, 2.24) is 15.1 Å². The van der Waals surface area contributed by atoms with E-state index in [0.717, 1.165) is 28.7 Å². The molecule has 0 aliphatic rings. The van der Waals surface area contributed by atoms with Crippen LogP contribution in [0.15, 0.2) is 76.2 Å². The Bertz CT molecular complexity index is 1280. The van der Waals surface area contributed by atoms with Gasteiger partial charge >= 0.3 is 11.7 Å². The summed E-state index contributed by atoms with van der Waals surface area (Å²) < 4.78 is 4.65. The van der Waals surface area contributed by atoms with Crippen LogP contribution in [0.3, 0.4) is 0 Å². The van der Waals surface area contributed by atoms with E-state index < -0.39 is 11.7 Å². The van der Waals surface area contributed by atoms with Crippen LogP contribution in [0.4, 0.5) is 5.82 Å². The zero-order valence-electron chi connectivity index (χ0n) is 17.4. The SMILES string of the molecule is CCC(Cc1ccc(-c2ccccc2-c2noc(=O)[nH]2)cc1)Nc1ncccc1C(=O)O. The molecule has 0 saturated heterocycles. The maximum Gasteiger partial charge on any atom is 0.439 e. The van der Waals surface area contributed by atoms with Gasteiger partial charge in [-0.05, 0) is 41.7 Å². The molecular formula is C24H22N4O4. The quantitative estimate of drug-likeness (QED) is 0.383. The molecule has 0 amide bonds. The van der Waals surface area contributed by atoms with Crippen molar-refractivity contribution in [1.29, 1.82) is 0 Å². The maximum atomic E-state index is 11.4. The topological polar surface area (TPSA) is 121 Å². The first-order valence-corrected chi connectivity index (χ1v) is 10.2. The molecule has 0 saturated carbocycles. The van der Waals surface area contributed by atoms with Gasteiger partial charge in [0, 0.05) is 17.8 Å². The van der Waals surface area contributed by atoms with Crippen molar-refractivity contribution in [2.24, 2.45) is 0 Å². The molecule has 0 radical (unpaired) electrons. The molecule has 0 bridgehead atoms. The Kier molecular flexibility index (Phi) is 6.12. The van der Waals surface area contributed by atoms with E-state index in [9.17, 15) is 14.7 Å². The number of H-pyrrole nitrogens is 1. The van der Waals surface area contributed by atoms with Gasteiger partial charge in [-0.2, -0.15) is 0 Å². The summed E-state index contributed by atoms with van der Waals surface area (Å²) in [4.78, 5) is 29.6. The van der Waals surface area contributed by atoms with Crippen LogP contribution in [0, 0.1) is 0 Å². The monoisotopic (exact) mass is 430 g/mol. The number of carbonyl (C=O) groups is 1. The van der Waals surface area contributed by atoms with Crippen molar-refractivity contribution in [3.05, 3.63) is 88.5 Å². The summed E-state index contributed by atoms with van der Waals surface area (Å²) in [5.41, 5.74) is 3.94. The minimum Gasteiger partial charge on any atom is -0.478 e. The second-order valence-electron chi connectivity index (χ2n) is 7.34. The molecule has 32 heavy (non-hydrogen) atoms. The van der Waals surface area contributed by atoms with Crippen LogP contribution < -0.4 is 11.1 Å². The lowest BCUT2D eigenvalue weighted by molar-refractivity contribution is 0.0697. The summed E-state index contributed by atoms with van der Waals surface area (Å²) in [6.07, 6.45) is 3.10. The summed E-state index contributed by atoms with van der Waals surface area (Å²) in [6.45, 7) is 2.05. The number of nitrogens with zero attached hydrogens (tertiary/aromatic N) is 2. The second-order valence-corrected chi connectivity index (χ2v) is 7.34. The molecule has 0 aliphatic heterocycles. The highest BCUT2D eigenvalue weighted by Gasteiger charge is 2.15. The Morgan fingerprint density at radius 2 is 1.84 bits per heavy atom. The largest absolute Gasteiger partial charge is 0.478 e. The zero-order chi connectivity index (χ0) is 22.5. The number of aromatic amines is 1. The average Bonchev–Trinajstić information content (AvgIpc) is 3.25. The molecule has 2 heterocycles. The predicted octanol–water partition coefficient (Wildman–Crippen LogP) is 4.22. The number of nitrogens with one attached hydrogen (secondary N) is 2. The van der Waals surface area contributed by atoms with Crippen LogP contribution >= 0.6 is 0 Å². The zero-order valence-corrected chi connectivity index (χ0v) is 17.4. The Morgan fingerprint density at radius 3 is 2.50 bits per heavy atom. The van der Waals surface area contributed by atoms with Gasteiger partial charge in [-0.1, -0.05) is 60.6 Å². The molecular weight excluding hydrogens is 408 g/mol. The van der Waals surface area contributed by atoms with Crippen LogP contribution in [0.1, 0.15) is 29.3 Å². The Labute approximate surface area is 183 Å². The fourth-order valence-corrected chi connectivity index (χ4v) is 3.58. The first-order valence-electron chi connectivity index (χ1n) is 10.2. The number of pyridine rings is 1. The van der Waals surface area contributed by atoms with Crippen LogP contribution in [0.5, 0.6) is 0 Å². The van der Waals surface area contributed by atoms with E-state index in [0.29, 0.717) is 18.1 Å². The fraction of sp³-hybridized carbons (Fsp3) is 0.167. The molecule has 4 rings (SSSR count). The molecule has 1 atom stereocenters. The van der Waals surface area contributed by atoms with E-state index in [-0.39, 0.29) is 11.6 Å². The van der Waals surface area contributed by atoms with Crippen LogP contribution in [0.2, 0.25) is 0 Å². The molecule has 8 heteroatoms. The third-order valence-corrected chi connectivity index (χ3v) is 5.24. The van der Waals surface area contributed by atoms with E-state index in [1.807, 2.05) is 55.5 Å². The van der Waals surface area contributed by atoms with Gasteiger partial charge in [0.1, 0.15) is 11.4 Å². The smallest absolute Gasteiger partial charge is 0.439 e. The van der Waals surface area contributed by atoms with Crippen LogP contribution in [-0.4, -0.2) is 32.2 Å². The molecule has 4 aromatic rings. The fourth-order valence-electron chi connectivity index (χ4n) is 3.58. The minimum absolute atomic E-state index is 0.0290. The number of hydrogen-bond donors (Lipinski definition) is 3. The number of carboxylic acid groups (broad SMARTS) is 1. The number of anilines is 1. The van der Waals surface area contributed by atoms with Gasteiger partial charge in [0.25, 0.3) is 0 Å². The van der Waals surface area contributed by atoms with E-state index in [2.05, 4.69) is 25.0 Å². The summed E-state index contributed by atoms with van der Waals surface area (Å²) in [7, 11) is 0. The van der Waals surface area contributed by atoms with E-state index in [4.69, 9.17) is 0 Å². The third-order valence-electron chi connectivity index (χ3n) is 5.24. The normalized spacial score (nSPS) is 11.8.